The van der Waals surface area contributed by atoms with Crippen LogP contribution in [0.1, 0.15) is 15.2 Å². The number of carboxylic acids is 1. The van der Waals surface area contributed by atoms with E-state index in [9.17, 15) is 4.79 Å². The molecule has 0 fully saturated rings. The minimum absolute atomic E-state index is 0.372. The highest BCUT2D eigenvalue weighted by Gasteiger charge is 2.12. The monoisotopic (exact) mass is 467 g/mol. The molecule has 100 valence electrons. The second kappa shape index (κ2) is 6.39. The summed E-state index contributed by atoms with van der Waals surface area (Å²) in [5.74, 6) is -0.888. The molecule has 0 amide bonds. The van der Waals surface area contributed by atoms with Crippen molar-refractivity contribution < 1.29 is 9.90 Å². The minimum atomic E-state index is -0.888. The number of aromatic carboxylic acids is 1. The molecule has 0 atom stereocenters. The Labute approximate surface area is 139 Å². The third-order valence-corrected chi connectivity index (χ3v) is 5.06. The van der Waals surface area contributed by atoms with Crippen LogP contribution < -0.4 is 5.32 Å². The van der Waals surface area contributed by atoms with Gasteiger partial charge >= 0.3 is 5.97 Å². The zero-order valence-corrected chi connectivity index (χ0v) is 15.0. The molecule has 2 N–H and O–H groups in total. The van der Waals surface area contributed by atoms with Crippen LogP contribution in [0.4, 0.5) is 5.69 Å². The smallest absolute Gasteiger partial charge is 0.346 e. The van der Waals surface area contributed by atoms with Crippen LogP contribution in [0, 0.1) is 0 Å². The molecule has 3 nitrogen and oxygen atoms in total. The lowest BCUT2D eigenvalue weighted by Crippen LogP contribution is -2.04. The molecule has 0 bridgehead atoms. The summed E-state index contributed by atoms with van der Waals surface area (Å²) in [5.41, 5.74) is 1.67. The summed E-state index contributed by atoms with van der Waals surface area (Å²) < 4.78 is 2.76. The molecule has 0 saturated heterocycles. The second-order valence-electron chi connectivity index (χ2n) is 3.68. The largest absolute Gasteiger partial charge is 0.477 e. The number of carbonyl (C=O) groups is 1. The van der Waals surface area contributed by atoms with E-state index in [2.05, 4.69) is 53.1 Å². The lowest BCUT2D eigenvalue weighted by atomic mass is 10.2. The fraction of sp³-hybridized carbons (Fsp3) is 0.0833. The Hall–Kier alpha value is -0.370. The first-order chi connectivity index (χ1) is 8.99. The second-order valence-corrected chi connectivity index (χ2v) is 7.22. The molecule has 1 heterocycles. The fourth-order valence-electron chi connectivity index (χ4n) is 1.56. The van der Waals surface area contributed by atoms with E-state index in [1.165, 1.54) is 11.3 Å². The summed E-state index contributed by atoms with van der Waals surface area (Å²) in [4.78, 5) is 11.4. The van der Waals surface area contributed by atoms with Crippen molar-refractivity contribution in [2.24, 2.45) is 0 Å². The average molecular weight is 470 g/mol. The van der Waals surface area contributed by atoms with Gasteiger partial charge < -0.3 is 10.4 Å². The summed E-state index contributed by atoms with van der Waals surface area (Å²) >= 11 is 11.6. The summed E-state index contributed by atoms with van der Waals surface area (Å²) in [7, 11) is 0. The fourth-order valence-corrected chi connectivity index (χ4v) is 4.86. The first kappa shape index (κ1) is 15.0. The van der Waals surface area contributed by atoms with Crippen LogP contribution in [-0.4, -0.2) is 11.1 Å². The predicted octanol–water partition coefficient (Wildman–Crippen LogP) is 5.35. The van der Waals surface area contributed by atoms with Crippen molar-refractivity contribution in [1.82, 2.24) is 0 Å². The van der Waals surface area contributed by atoms with Crippen molar-refractivity contribution in [2.75, 3.05) is 5.32 Å². The number of hydrogen-bond donors (Lipinski definition) is 2. The van der Waals surface area contributed by atoms with Crippen LogP contribution in [0.5, 0.6) is 0 Å². The standard InChI is InChI=1S/C12H8Br3NO2S/c13-7-3-8(14)10(9(15)4-7)16-5-6-1-2-19-11(6)12(17)18/h1-4,16H,5H2,(H,17,18). The SMILES string of the molecule is O=C(O)c1sccc1CNc1c(Br)cc(Br)cc1Br. The lowest BCUT2D eigenvalue weighted by molar-refractivity contribution is 0.0701. The molecule has 0 unspecified atom stereocenters. The summed E-state index contributed by atoms with van der Waals surface area (Å²) in [6, 6.07) is 5.68. The number of benzene rings is 1. The highest BCUT2D eigenvalue weighted by molar-refractivity contribution is 9.11. The summed E-state index contributed by atoms with van der Waals surface area (Å²) in [5, 5.41) is 14.1. The lowest BCUT2D eigenvalue weighted by Gasteiger charge is -2.11. The quantitative estimate of drug-likeness (QED) is 0.635. The molecule has 2 aromatic rings. The van der Waals surface area contributed by atoms with E-state index in [1.54, 1.807) is 5.38 Å². The van der Waals surface area contributed by atoms with Crippen molar-refractivity contribution in [3.05, 3.63) is 47.4 Å². The Bertz CT molecular complexity index is 604. The van der Waals surface area contributed by atoms with Gasteiger partial charge in [-0.2, -0.15) is 0 Å². The van der Waals surface area contributed by atoms with E-state index < -0.39 is 5.97 Å². The molecule has 19 heavy (non-hydrogen) atoms. The van der Waals surface area contributed by atoms with E-state index in [0.717, 1.165) is 24.7 Å². The highest BCUT2D eigenvalue weighted by atomic mass is 79.9. The van der Waals surface area contributed by atoms with Crippen LogP contribution in [0.15, 0.2) is 37.0 Å². The Morgan fingerprint density at radius 1 is 1.26 bits per heavy atom. The number of halogens is 3. The first-order valence-corrected chi connectivity index (χ1v) is 8.43. The van der Waals surface area contributed by atoms with E-state index in [0.29, 0.717) is 11.4 Å². The van der Waals surface area contributed by atoms with Gasteiger partial charge in [0.1, 0.15) is 4.88 Å². The highest BCUT2D eigenvalue weighted by Crippen LogP contribution is 2.34. The average Bonchev–Trinajstić information content (AvgIpc) is 2.75. The van der Waals surface area contributed by atoms with Crippen molar-refractivity contribution in [2.45, 2.75) is 6.54 Å². The molecule has 1 aromatic carbocycles. The number of nitrogens with one attached hydrogen (secondary N) is 1. The number of rotatable bonds is 4. The van der Waals surface area contributed by atoms with E-state index in [-0.39, 0.29) is 0 Å². The Kier molecular flexibility index (Phi) is 5.05. The van der Waals surface area contributed by atoms with Gasteiger partial charge in [-0.3, -0.25) is 0 Å². The maximum absolute atomic E-state index is 11.0. The molecule has 0 spiro atoms. The van der Waals surface area contributed by atoms with E-state index >= 15 is 0 Å². The molecule has 2 rings (SSSR count). The van der Waals surface area contributed by atoms with Crippen LogP contribution in [0.25, 0.3) is 0 Å². The topological polar surface area (TPSA) is 49.3 Å². The molecular weight excluding hydrogens is 462 g/mol. The molecule has 7 heteroatoms. The maximum atomic E-state index is 11.0. The zero-order valence-electron chi connectivity index (χ0n) is 9.41. The van der Waals surface area contributed by atoms with Gasteiger partial charge in [-0.05, 0) is 61.0 Å². The van der Waals surface area contributed by atoms with Gasteiger partial charge in [0.05, 0.1) is 5.69 Å². The molecule has 1 aromatic heterocycles. The van der Waals surface area contributed by atoms with Gasteiger partial charge in [0.25, 0.3) is 0 Å². The minimum Gasteiger partial charge on any atom is -0.477 e. The first-order valence-electron chi connectivity index (χ1n) is 5.17. The van der Waals surface area contributed by atoms with Gasteiger partial charge in [-0.15, -0.1) is 11.3 Å². The Morgan fingerprint density at radius 3 is 2.47 bits per heavy atom. The number of anilines is 1. The van der Waals surface area contributed by atoms with E-state index in [1.807, 2.05) is 18.2 Å². The van der Waals surface area contributed by atoms with Crippen molar-refractivity contribution in [1.29, 1.82) is 0 Å². The van der Waals surface area contributed by atoms with Gasteiger partial charge in [-0.1, -0.05) is 15.9 Å². The van der Waals surface area contributed by atoms with Crippen LogP contribution in [-0.2, 0) is 6.54 Å². The Balaban J connectivity index is 2.19. The van der Waals surface area contributed by atoms with Crippen LogP contribution >= 0.6 is 59.1 Å². The Morgan fingerprint density at radius 2 is 1.89 bits per heavy atom. The summed E-state index contributed by atoms with van der Waals surface area (Å²) in [6.07, 6.45) is 0. The third kappa shape index (κ3) is 3.59. The molecule has 0 aliphatic heterocycles. The van der Waals surface area contributed by atoms with Crippen molar-refractivity contribution in [3.63, 3.8) is 0 Å². The van der Waals surface area contributed by atoms with Gasteiger partial charge in [-0.25, -0.2) is 4.79 Å². The van der Waals surface area contributed by atoms with E-state index in [4.69, 9.17) is 5.11 Å². The normalized spacial score (nSPS) is 10.5. The molecule has 0 radical (unpaired) electrons. The molecule has 0 aliphatic carbocycles. The molecular formula is C12H8Br3NO2S. The number of hydrogen-bond acceptors (Lipinski definition) is 3. The molecule has 0 aliphatic rings. The number of carboxylic acid groups (broad SMARTS) is 1. The van der Waals surface area contributed by atoms with Crippen molar-refractivity contribution >= 4 is 70.8 Å². The number of thiophene rings is 1. The predicted molar refractivity (Wildman–Crippen MR) is 88.1 cm³/mol. The van der Waals surface area contributed by atoms with Crippen LogP contribution in [0.3, 0.4) is 0 Å². The summed E-state index contributed by atoms with van der Waals surface area (Å²) in [6.45, 7) is 0.462. The van der Waals surface area contributed by atoms with Gasteiger partial charge in [0.2, 0.25) is 0 Å². The molecule has 0 saturated carbocycles. The van der Waals surface area contributed by atoms with Crippen LogP contribution in [0.2, 0.25) is 0 Å². The van der Waals surface area contributed by atoms with Gasteiger partial charge in [0.15, 0.2) is 0 Å². The van der Waals surface area contributed by atoms with Crippen molar-refractivity contribution in [3.8, 4) is 0 Å². The third-order valence-electron chi connectivity index (χ3n) is 2.40. The maximum Gasteiger partial charge on any atom is 0.346 e. The van der Waals surface area contributed by atoms with Gasteiger partial charge in [0, 0.05) is 20.0 Å². The zero-order chi connectivity index (χ0) is 14.0.